The van der Waals surface area contributed by atoms with Crippen LogP contribution >= 0.6 is 22.9 Å². The van der Waals surface area contributed by atoms with E-state index in [0.717, 1.165) is 10.4 Å². The van der Waals surface area contributed by atoms with Gasteiger partial charge in [-0.1, -0.05) is 23.7 Å². The maximum Gasteiger partial charge on any atom is 0.124 e. The van der Waals surface area contributed by atoms with Gasteiger partial charge in [-0.05, 0) is 29.1 Å². The monoisotopic (exact) mass is 256 g/mol. The van der Waals surface area contributed by atoms with E-state index in [-0.39, 0.29) is 11.9 Å². The fraction of sp³-hybridized carbons (Fsp3) is 0.0909. The molecule has 0 aliphatic carbocycles. The minimum atomic E-state index is -0.351. The number of rotatable bonds is 3. The number of hydrazine groups is 1. The summed E-state index contributed by atoms with van der Waals surface area (Å²) in [5, 5.41) is 2.33. The molecule has 1 atom stereocenters. The molecule has 0 saturated heterocycles. The van der Waals surface area contributed by atoms with Gasteiger partial charge in [-0.2, -0.15) is 0 Å². The molecule has 5 heteroatoms. The zero-order valence-corrected chi connectivity index (χ0v) is 9.86. The van der Waals surface area contributed by atoms with Gasteiger partial charge in [-0.25, -0.2) is 9.82 Å². The van der Waals surface area contributed by atoms with Gasteiger partial charge in [0.05, 0.1) is 6.04 Å². The van der Waals surface area contributed by atoms with Crippen molar-refractivity contribution in [1.29, 1.82) is 0 Å². The summed E-state index contributed by atoms with van der Waals surface area (Å²) < 4.78 is 12.9. The normalized spacial score (nSPS) is 12.7. The predicted octanol–water partition coefficient (Wildman–Crippen LogP) is 3.09. The molecular weight excluding hydrogens is 247 g/mol. The number of hydrogen-bond donors (Lipinski definition) is 2. The van der Waals surface area contributed by atoms with Crippen LogP contribution in [0, 0.1) is 5.82 Å². The Bertz CT molecular complexity index is 473. The summed E-state index contributed by atoms with van der Waals surface area (Å²) in [7, 11) is 0. The second kappa shape index (κ2) is 4.93. The highest BCUT2D eigenvalue weighted by molar-refractivity contribution is 7.10. The van der Waals surface area contributed by atoms with E-state index in [1.54, 1.807) is 17.4 Å². The third-order valence-electron chi connectivity index (χ3n) is 2.27. The quantitative estimate of drug-likeness (QED) is 0.654. The van der Waals surface area contributed by atoms with Crippen LogP contribution in [0.1, 0.15) is 16.5 Å². The van der Waals surface area contributed by atoms with Crippen LogP contribution in [0.2, 0.25) is 5.02 Å². The molecule has 2 aromatic rings. The van der Waals surface area contributed by atoms with Crippen LogP contribution in [0.25, 0.3) is 0 Å². The molecule has 1 unspecified atom stereocenters. The Balaban J connectivity index is 2.41. The summed E-state index contributed by atoms with van der Waals surface area (Å²) in [6.45, 7) is 0. The third kappa shape index (κ3) is 2.25. The summed E-state index contributed by atoms with van der Waals surface area (Å²) in [6, 6.07) is 7.99. The summed E-state index contributed by atoms with van der Waals surface area (Å²) in [4.78, 5) is 1.04. The number of benzene rings is 1. The molecule has 16 heavy (non-hydrogen) atoms. The second-order valence-electron chi connectivity index (χ2n) is 3.28. The van der Waals surface area contributed by atoms with Crippen LogP contribution in [-0.2, 0) is 0 Å². The number of thiophene rings is 1. The van der Waals surface area contributed by atoms with Crippen LogP contribution in [0.15, 0.2) is 35.7 Å². The zero-order valence-electron chi connectivity index (χ0n) is 8.28. The minimum Gasteiger partial charge on any atom is -0.271 e. The molecule has 2 nitrogen and oxygen atoms in total. The van der Waals surface area contributed by atoms with E-state index < -0.39 is 0 Å². The van der Waals surface area contributed by atoms with Crippen molar-refractivity contribution in [3.05, 3.63) is 57.0 Å². The van der Waals surface area contributed by atoms with Gasteiger partial charge in [-0.15, -0.1) is 11.3 Å². The first-order valence-electron chi connectivity index (χ1n) is 4.67. The standard InChI is InChI=1S/C11H10ClFN2S/c12-9-6-7(13)3-4-8(9)11(15-14)10-2-1-5-16-10/h1-6,11,15H,14H2. The third-order valence-corrected chi connectivity index (χ3v) is 3.53. The molecule has 1 aromatic carbocycles. The van der Waals surface area contributed by atoms with Crippen LogP contribution in [0.4, 0.5) is 4.39 Å². The minimum absolute atomic E-state index is 0.201. The van der Waals surface area contributed by atoms with Crippen LogP contribution in [-0.4, -0.2) is 0 Å². The van der Waals surface area contributed by atoms with Crippen LogP contribution in [0.5, 0.6) is 0 Å². The smallest absolute Gasteiger partial charge is 0.124 e. The SMILES string of the molecule is NNC(c1cccs1)c1ccc(F)cc1Cl. The number of nitrogens with one attached hydrogen (secondary N) is 1. The highest BCUT2D eigenvalue weighted by atomic mass is 35.5. The molecule has 0 saturated carbocycles. The van der Waals surface area contributed by atoms with Gasteiger partial charge in [0.15, 0.2) is 0 Å². The second-order valence-corrected chi connectivity index (χ2v) is 4.67. The molecule has 84 valence electrons. The van der Waals surface area contributed by atoms with Gasteiger partial charge in [0.1, 0.15) is 5.82 Å². The topological polar surface area (TPSA) is 38.0 Å². The predicted molar refractivity (Wildman–Crippen MR) is 64.9 cm³/mol. The van der Waals surface area contributed by atoms with Crippen molar-refractivity contribution in [2.45, 2.75) is 6.04 Å². The number of halogens is 2. The Hall–Kier alpha value is -0.940. The Morgan fingerprint density at radius 3 is 2.75 bits per heavy atom. The maximum absolute atomic E-state index is 12.9. The average Bonchev–Trinajstić information content (AvgIpc) is 2.75. The highest BCUT2D eigenvalue weighted by Crippen LogP contribution is 2.30. The summed E-state index contributed by atoms with van der Waals surface area (Å²) in [5.74, 6) is 5.16. The van der Waals surface area contributed by atoms with E-state index >= 15 is 0 Å². The maximum atomic E-state index is 12.9. The van der Waals surface area contributed by atoms with E-state index in [2.05, 4.69) is 5.43 Å². The van der Waals surface area contributed by atoms with Gasteiger partial charge >= 0.3 is 0 Å². The number of nitrogens with two attached hydrogens (primary N) is 1. The van der Waals surface area contributed by atoms with E-state index in [1.807, 2.05) is 17.5 Å². The van der Waals surface area contributed by atoms with Crippen molar-refractivity contribution < 1.29 is 4.39 Å². The molecule has 0 amide bonds. The van der Waals surface area contributed by atoms with Crippen molar-refractivity contribution in [2.24, 2.45) is 5.84 Å². The molecule has 0 radical (unpaired) electrons. The highest BCUT2D eigenvalue weighted by Gasteiger charge is 2.16. The lowest BCUT2D eigenvalue weighted by molar-refractivity contribution is 0.618. The zero-order chi connectivity index (χ0) is 11.5. The molecule has 0 fully saturated rings. The van der Waals surface area contributed by atoms with Gasteiger partial charge in [0.2, 0.25) is 0 Å². The van der Waals surface area contributed by atoms with Crippen molar-refractivity contribution >= 4 is 22.9 Å². The van der Waals surface area contributed by atoms with E-state index in [9.17, 15) is 4.39 Å². The largest absolute Gasteiger partial charge is 0.271 e. The van der Waals surface area contributed by atoms with Gasteiger partial charge < -0.3 is 0 Å². The van der Waals surface area contributed by atoms with Crippen molar-refractivity contribution in [3.63, 3.8) is 0 Å². The van der Waals surface area contributed by atoms with Crippen molar-refractivity contribution in [2.75, 3.05) is 0 Å². The van der Waals surface area contributed by atoms with Gasteiger partial charge in [-0.3, -0.25) is 5.84 Å². The number of hydrogen-bond acceptors (Lipinski definition) is 3. The first-order chi connectivity index (χ1) is 7.72. The molecule has 1 aromatic heterocycles. The van der Waals surface area contributed by atoms with Crippen LogP contribution < -0.4 is 11.3 Å². The van der Waals surface area contributed by atoms with E-state index in [0.29, 0.717) is 5.02 Å². The molecule has 0 aliphatic heterocycles. The first-order valence-corrected chi connectivity index (χ1v) is 5.92. The van der Waals surface area contributed by atoms with E-state index in [1.165, 1.54) is 12.1 Å². The van der Waals surface area contributed by atoms with Crippen molar-refractivity contribution in [3.8, 4) is 0 Å². The molecule has 3 N–H and O–H groups in total. The Kier molecular flexibility index (Phi) is 3.56. The Morgan fingerprint density at radius 2 is 2.19 bits per heavy atom. The average molecular weight is 257 g/mol. The molecule has 2 rings (SSSR count). The lowest BCUT2D eigenvalue weighted by Gasteiger charge is -2.16. The van der Waals surface area contributed by atoms with Crippen LogP contribution in [0.3, 0.4) is 0 Å². The van der Waals surface area contributed by atoms with Gasteiger partial charge in [0, 0.05) is 9.90 Å². The Morgan fingerprint density at radius 1 is 1.38 bits per heavy atom. The summed E-state index contributed by atoms with van der Waals surface area (Å²) >= 11 is 7.56. The van der Waals surface area contributed by atoms with Crippen molar-refractivity contribution in [1.82, 2.24) is 5.43 Å². The fourth-order valence-corrected chi connectivity index (χ4v) is 2.60. The fourth-order valence-electron chi connectivity index (χ4n) is 1.52. The molecule has 1 heterocycles. The Labute approximate surface area is 102 Å². The molecular formula is C11H10ClFN2S. The molecule has 0 aliphatic rings. The molecule has 0 bridgehead atoms. The summed E-state index contributed by atoms with van der Waals surface area (Å²) in [6.07, 6.45) is 0. The van der Waals surface area contributed by atoms with Gasteiger partial charge in [0.25, 0.3) is 0 Å². The summed E-state index contributed by atoms with van der Waals surface area (Å²) in [5.41, 5.74) is 3.46. The molecule has 0 spiro atoms. The lowest BCUT2D eigenvalue weighted by atomic mass is 10.1. The first kappa shape index (κ1) is 11.5. The van der Waals surface area contributed by atoms with E-state index in [4.69, 9.17) is 17.4 Å². The lowest BCUT2D eigenvalue weighted by Crippen LogP contribution is -2.28.